The number of para-hydroxylation sites is 1. The maximum absolute atomic E-state index is 12.2. The van der Waals surface area contributed by atoms with Crippen LogP contribution in [0, 0.1) is 0 Å². The number of aromatic nitrogens is 1. The summed E-state index contributed by atoms with van der Waals surface area (Å²) in [6.07, 6.45) is 1.65. The number of thiophene rings is 1. The van der Waals surface area contributed by atoms with Crippen LogP contribution >= 0.6 is 27.3 Å². The molecule has 2 heterocycles. The van der Waals surface area contributed by atoms with Gasteiger partial charge < -0.3 is 9.88 Å². The molecule has 0 saturated heterocycles. The van der Waals surface area contributed by atoms with Gasteiger partial charge in [0.2, 0.25) is 5.91 Å². The van der Waals surface area contributed by atoms with E-state index in [1.807, 2.05) is 29.6 Å². The summed E-state index contributed by atoms with van der Waals surface area (Å²) in [5.41, 5.74) is 0.545. The third-order valence-electron chi connectivity index (χ3n) is 3.05. The molecule has 0 aliphatic carbocycles. The van der Waals surface area contributed by atoms with Crippen molar-refractivity contribution in [3.8, 4) is 0 Å². The van der Waals surface area contributed by atoms with Crippen LogP contribution in [0.25, 0.3) is 10.1 Å². The molecule has 0 saturated carbocycles. The van der Waals surface area contributed by atoms with Crippen LogP contribution < -0.4 is 10.9 Å². The number of hydrogen-bond donors (Lipinski definition) is 1. The van der Waals surface area contributed by atoms with Crippen LogP contribution in [-0.2, 0) is 11.3 Å². The van der Waals surface area contributed by atoms with Crippen molar-refractivity contribution in [2.24, 2.45) is 0 Å². The van der Waals surface area contributed by atoms with Crippen LogP contribution in [0.1, 0.15) is 0 Å². The lowest BCUT2D eigenvalue weighted by molar-refractivity contribution is -0.116. The molecule has 6 heteroatoms. The third kappa shape index (κ3) is 2.91. The second kappa shape index (κ2) is 5.83. The highest BCUT2D eigenvalue weighted by Crippen LogP contribution is 2.21. The van der Waals surface area contributed by atoms with Crippen molar-refractivity contribution in [2.45, 2.75) is 6.54 Å². The molecule has 1 N–H and O–H groups in total. The molecule has 0 bridgehead atoms. The van der Waals surface area contributed by atoms with E-state index in [1.54, 1.807) is 18.3 Å². The number of hydrogen-bond acceptors (Lipinski definition) is 3. The molecule has 1 aromatic carbocycles. The van der Waals surface area contributed by atoms with E-state index >= 15 is 0 Å². The van der Waals surface area contributed by atoms with E-state index in [0.717, 1.165) is 9.17 Å². The van der Waals surface area contributed by atoms with Gasteiger partial charge in [0.15, 0.2) is 0 Å². The van der Waals surface area contributed by atoms with Crippen LogP contribution in [-0.4, -0.2) is 10.5 Å². The Morgan fingerprint density at radius 3 is 2.86 bits per heavy atom. The molecule has 0 fully saturated rings. The van der Waals surface area contributed by atoms with Crippen LogP contribution in [0.15, 0.2) is 57.2 Å². The van der Waals surface area contributed by atoms with Crippen molar-refractivity contribution in [1.29, 1.82) is 0 Å². The molecule has 0 aliphatic heterocycles. The van der Waals surface area contributed by atoms with Gasteiger partial charge in [-0.25, -0.2) is 0 Å². The zero-order valence-corrected chi connectivity index (χ0v) is 13.3. The molecular weight excluding hydrogens is 352 g/mol. The van der Waals surface area contributed by atoms with Crippen molar-refractivity contribution in [3.63, 3.8) is 0 Å². The van der Waals surface area contributed by atoms with Gasteiger partial charge in [0, 0.05) is 15.4 Å². The first kappa shape index (κ1) is 14.0. The van der Waals surface area contributed by atoms with E-state index in [-0.39, 0.29) is 18.0 Å². The van der Waals surface area contributed by atoms with Crippen LogP contribution in [0.5, 0.6) is 0 Å². The Balaban J connectivity index is 1.82. The molecule has 3 aromatic rings. The summed E-state index contributed by atoms with van der Waals surface area (Å²) in [4.78, 5) is 24.3. The number of pyridine rings is 1. The van der Waals surface area contributed by atoms with E-state index in [0.29, 0.717) is 11.1 Å². The second-order valence-electron chi connectivity index (χ2n) is 4.48. The molecule has 0 spiro atoms. The van der Waals surface area contributed by atoms with Crippen LogP contribution in [0.3, 0.4) is 0 Å². The zero-order chi connectivity index (χ0) is 14.8. The number of fused-ring (bicyclic) bond motifs is 1. The first-order valence-electron chi connectivity index (χ1n) is 6.26. The largest absolute Gasteiger partial charge is 0.324 e. The second-order valence-corrected chi connectivity index (χ2v) is 6.28. The number of halogens is 1. The number of nitrogens with zero attached hydrogens (tertiary/aromatic N) is 1. The molecule has 0 atom stereocenters. The van der Waals surface area contributed by atoms with Crippen molar-refractivity contribution in [3.05, 3.63) is 62.8 Å². The summed E-state index contributed by atoms with van der Waals surface area (Å²) in [6, 6.07) is 11.0. The van der Waals surface area contributed by atoms with Crippen molar-refractivity contribution >= 4 is 48.9 Å². The Kier molecular flexibility index (Phi) is 3.90. The lowest BCUT2D eigenvalue weighted by Crippen LogP contribution is -2.27. The van der Waals surface area contributed by atoms with Crippen molar-refractivity contribution in [1.82, 2.24) is 4.57 Å². The lowest BCUT2D eigenvalue weighted by atomic mass is 10.3. The number of carbonyl (C=O) groups excluding carboxylic acids is 1. The minimum absolute atomic E-state index is 0.00798. The lowest BCUT2D eigenvalue weighted by Gasteiger charge is -2.08. The van der Waals surface area contributed by atoms with E-state index in [2.05, 4.69) is 21.2 Å². The van der Waals surface area contributed by atoms with Gasteiger partial charge in [0.25, 0.3) is 5.56 Å². The molecule has 2 aromatic heterocycles. The minimum Gasteiger partial charge on any atom is -0.324 e. The summed E-state index contributed by atoms with van der Waals surface area (Å²) in [5.74, 6) is -0.237. The average Bonchev–Trinajstić information content (AvgIpc) is 2.94. The summed E-state index contributed by atoms with van der Waals surface area (Å²) in [6.45, 7) is -0.00798. The Labute approximate surface area is 133 Å². The van der Waals surface area contributed by atoms with Gasteiger partial charge in [0.05, 0.1) is 11.1 Å². The molecule has 106 valence electrons. The van der Waals surface area contributed by atoms with Crippen molar-refractivity contribution < 1.29 is 4.79 Å². The molecule has 4 nitrogen and oxygen atoms in total. The quantitative estimate of drug-likeness (QED) is 0.775. The maximum Gasteiger partial charge on any atom is 0.259 e. The van der Waals surface area contributed by atoms with Gasteiger partial charge in [0.1, 0.15) is 6.54 Å². The minimum atomic E-state index is -0.237. The highest BCUT2D eigenvalue weighted by atomic mass is 79.9. The Hall–Kier alpha value is -1.92. The van der Waals surface area contributed by atoms with E-state index in [4.69, 9.17) is 0 Å². The van der Waals surface area contributed by atoms with Gasteiger partial charge in [-0.05, 0) is 45.6 Å². The number of anilines is 1. The van der Waals surface area contributed by atoms with Gasteiger partial charge in [-0.3, -0.25) is 9.59 Å². The van der Waals surface area contributed by atoms with Crippen LogP contribution in [0.2, 0.25) is 0 Å². The predicted molar refractivity (Wildman–Crippen MR) is 88.9 cm³/mol. The molecule has 1 amide bonds. The van der Waals surface area contributed by atoms with E-state index < -0.39 is 0 Å². The molecule has 21 heavy (non-hydrogen) atoms. The van der Waals surface area contributed by atoms with Gasteiger partial charge in [-0.1, -0.05) is 12.1 Å². The smallest absolute Gasteiger partial charge is 0.259 e. The molecule has 0 unspecified atom stereocenters. The fourth-order valence-electron chi connectivity index (χ4n) is 2.04. The first-order chi connectivity index (χ1) is 10.1. The Bertz CT molecular complexity index is 869. The Morgan fingerprint density at radius 1 is 1.24 bits per heavy atom. The van der Waals surface area contributed by atoms with Gasteiger partial charge >= 0.3 is 0 Å². The number of carbonyl (C=O) groups is 1. The highest BCUT2D eigenvalue weighted by Gasteiger charge is 2.09. The van der Waals surface area contributed by atoms with Crippen LogP contribution in [0.4, 0.5) is 5.69 Å². The normalized spacial score (nSPS) is 10.7. The number of rotatable bonds is 3. The average molecular weight is 363 g/mol. The molecule has 3 rings (SSSR count). The van der Waals surface area contributed by atoms with Crippen molar-refractivity contribution in [2.75, 3.05) is 5.32 Å². The predicted octanol–water partition coefficient (Wildman–Crippen LogP) is 3.46. The number of benzene rings is 1. The monoisotopic (exact) mass is 362 g/mol. The van der Waals surface area contributed by atoms with E-state index in [9.17, 15) is 9.59 Å². The molecular formula is C15H11BrN2O2S. The fourth-order valence-corrected chi connectivity index (χ4v) is 3.19. The molecule has 0 aliphatic rings. The van der Waals surface area contributed by atoms with Gasteiger partial charge in [-0.15, -0.1) is 11.3 Å². The first-order valence-corrected chi connectivity index (χ1v) is 7.93. The summed E-state index contributed by atoms with van der Waals surface area (Å²) < 4.78 is 3.16. The third-order valence-corrected chi connectivity index (χ3v) is 4.63. The van der Waals surface area contributed by atoms with Gasteiger partial charge in [-0.2, -0.15) is 0 Å². The SMILES string of the molecule is O=C(Cn1ccc2sccc2c1=O)Nc1ccccc1Br. The summed E-state index contributed by atoms with van der Waals surface area (Å²) in [7, 11) is 0. The van der Waals surface area contributed by atoms with E-state index in [1.165, 1.54) is 15.9 Å². The molecule has 0 radical (unpaired) electrons. The highest BCUT2D eigenvalue weighted by molar-refractivity contribution is 9.10. The fraction of sp³-hybridized carbons (Fsp3) is 0.0667. The zero-order valence-electron chi connectivity index (χ0n) is 10.9. The topological polar surface area (TPSA) is 51.1 Å². The Morgan fingerprint density at radius 2 is 2.05 bits per heavy atom. The standard InChI is InChI=1S/C15H11BrN2O2S/c16-11-3-1-2-4-12(11)17-14(19)9-18-7-5-13-10(15(18)20)6-8-21-13/h1-8H,9H2,(H,17,19). The summed E-state index contributed by atoms with van der Waals surface area (Å²) in [5, 5.41) is 5.31. The number of amides is 1. The number of nitrogens with one attached hydrogen (secondary N) is 1. The maximum atomic E-state index is 12.2. The summed E-state index contributed by atoms with van der Waals surface area (Å²) >= 11 is 4.88.